The third-order valence-electron chi connectivity index (χ3n) is 9.23. The molecule has 0 heterocycles. The van der Waals surface area contributed by atoms with E-state index in [1.54, 1.807) is 0 Å². The molecule has 1 nitrogen and oxygen atoms in total. The van der Waals surface area contributed by atoms with Gasteiger partial charge >= 0.3 is 0 Å². The maximum absolute atomic E-state index is 2.44. The van der Waals surface area contributed by atoms with Crippen molar-refractivity contribution in [1.29, 1.82) is 0 Å². The molecule has 0 aromatic heterocycles. The third kappa shape index (κ3) is 4.32. The summed E-state index contributed by atoms with van der Waals surface area (Å²) >= 11 is 0. The molecular weight excluding hydrogens is 530 g/mol. The lowest BCUT2D eigenvalue weighted by atomic mass is 9.81. The van der Waals surface area contributed by atoms with Gasteiger partial charge in [-0.1, -0.05) is 123 Å². The van der Waals surface area contributed by atoms with Gasteiger partial charge in [-0.25, -0.2) is 0 Å². The van der Waals surface area contributed by atoms with Crippen molar-refractivity contribution in [3.8, 4) is 33.4 Å². The highest BCUT2D eigenvalue weighted by atomic mass is 15.1. The molecule has 0 aliphatic heterocycles. The van der Waals surface area contributed by atoms with Gasteiger partial charge in [0, 0.05) is 22.5 Å². The SMILES string of the molecule is CC1(C)c2cc(-c3cc4ccccc4cc3-c3ccccc3)ccc2-c2ccc(N(c3ccccc3)c3ccccc3)cc21. The van der Waals surface area contributed by atoms with Crippen LogP contribution in [0.25, 0.3) is 44.2 Å². The van der Waals surface area contributed by atoms with Crippen LogP contribution >= 0.6 is 0 Å². The zero-order chi connectivity index (χ0) is 29.7. The van der Waals surface area contributed by atoms with Crippen molar-refractivity contribution in [2.75, 3.05) is 4.90 Å². The van der Waals surface area contributed by atoms with E-state index in [2.05, 4.69) is 183 Å². The van der Waals surface area contributed by atoms with Crippen LogP contribution in [-0.4, -0.2) is 0 Å². The first-order chi connectivity index (χ1) is 21.6. The van der Waals surface area contributed by atoms with E-state index in [9.17, 15) is 0 Å². The quantitative estimate of drug-likeness (QED) is 0.201. The van der Waals surface area contributed by atoms with Crippen molar-refractivity contribution in [2.24, 2.45) is 0 Å². The highest BCUT2D eigenvalue weighted by Crippen LogP contribution is 2.52. The lowest BCUT2D eigenvalue weighted by molar-refractivity contribution is 0.660. The maximum atomic E-state index is 2.44. The smallest absolute Gasteiger partial charge is 0.0465 e. The largest absolute Gasteiger partial charge is 0.310 e. The van der Waals surface area contributed by atoms with Crippen LogP contribution < -0.4 is 4.90 Å². The van der Waals surface area contributed by atoms with Crippen molar-refractivity contribution < 1.29 is 0 Å². The second-order valence-corrected chi connectivity index (χ2v) is 12.2. The van der Waals surface area contributed by atoms with Crippen LogP contribution in [0.5, 0.6) is 0 Å². The summed E-state index contributed by atoms with van der Waals surface area (Å²) in [5.41, 5.74) is 13.7. The molecule has 210 valence electrons. The van der Waals surface area contributed by atoms with E-state index in [4.69, 9.17) is 0 Å². The van der Waals surface area contributed by atoms with E-state index < -0.39 is 0 Å². The summed E-state index contributed by atoms with van der Waals surface area (Å²) < 4.78 is 0. The molecule has 0 radical (unpaired) electrons. The molecule has 0 amide bonds. The number of nitrogens with zero attached hydrogens (tertiary/aromatic N) is 1. The molecule has 0 saturated carbocycles. The second kappa shape index (κ2) is 10.4. The summed E-state index contributed by atoms with van der Waals surface area (Å²) in [5, 5.41) is 2.52. The minimum Gasteiger partial charge on any atom is -0.310 e. The maximum Gasteiger partial charge on any atom is 0.0465 e. The van der Waals surface area contributed by atoms with Gasteiger partial charge in [-0.15, -0.1) is 0 Å². The average molecular weight is 564 g/mol. The Morgan fingerprint density at radius 1 is 0.364 bits per heavy atom. The van der Waals surface area contributed by atoms with E-state index in [-0.39, 0.29) is 5.41 Å². The van der Waals surface area contributed by atoms with Crippen LogP contribution in [0.1, 0.15) is 25.0 Å². The Morgan fingerprint density at radius 2 is 0.841 bits per heavy atom. The molecule has 0 spiro atoms. The first-order valence-corrected chi connectivity index (χ1v) is 15.4. The van der Waals surface area contributed by atoms with Gasteiger partial charge in [0.05, 0.1) is 0 Å². The molecule has 0 bridgehead atoms. The van der Waals surface area contributed by atoms with Gasteiger partial charge in [0.15, 0.2) is 0 Å². The Morgan fingerprint density at radius 3 is 1.43 bits per heavy atom. The minimum atomic E-state index is -0.153. The molecule has 1 aliphatic rings. The number of anilines is 3. The molecule has 0 fully saturated rings. The van der Waals surface area contributed by atoms with E-state index >= 15 is 0 Å². The van der Waals surface area contributed by atoms with Gasteiger partial charge in [0.25, 0.3) is 0 Å². The van der Waals surface area contributed by atoms with Crippen LogP contribution in [-0.2, 0) is 5.41 Å². The minimum absolute atomic E-state index is 0.153. The third-order valence-corrected chi connectivity index (χ3v) is 9.23. The van der Waals surface area contributed by atoms with Crippen LogP contribution in [0, 0.1) is 0 Å². The Labute approximate surface area is 259 Å². The lowest BCUT2D eigenvalue weighted by Crippen LogP contribution is -2.16. The van der Waals surface area contributed by atoms with Gasteiger partial charge < -0.3 is 4.90 Å². The highest BCUT2D eigenvalue weighted by molar-refractivity contribution is 5.97. The number of fused-ring (bicyclic) bond motifs is 4. The Hall–Kier alpha value is -5.40. The number of benzene rings is 7. The fourth-order valence-electron chi connectivity index (χ4n) is 6.97. The van der Waals surface area contributed by atoms with Crippen LogP contribution in [0.2, 0.25) is 0 Å². The van der Waals surface area contributed by atoms with Crippen molar-refractivity contribution in [3.63, 3.8) is 0 Å². The summed E-state index contributed by atoms with van der Waals surface area (Å²) in [4.78, 5) is 2.35. The monoisotopic (exact) mass is 563 g/mol. The molecule has 0 atom stereocenters. The van der Waals surface area contributed by atoms with Crippen LogP contribution in [0.3, 0.4) is 0 Å². The van der Waals surface area contributed by atoms with Crippen molar-refractivity contribution in [1.82, 2.24) is 0 Å². The summed E-state index contributed by atoms with van der Waals surface area (Å²) in [6.07, 6.45) is 0. The highest BCUT2D eigenvalue weighted by Gasteiger charge is 2.36. The zero-order valence-electron chi connectivity index (χ0n) is 25.0. The van der Waals surface area contributed by atoms with E-state index in [1.165, 1.54) is 61.0 Å². The number of hydrogen-bond acceptors (Lipinski definition) is 1. The topological polar surface area (TPSA) is 3.24 Å². The van der Waals surface area contributed by atoms with Gasteiger partial charge in [0.2, 0.25) is 0 Å². The van der Waals surface area contributed by atoms with Gasteiger partial charge in [-0.3, -0.25) is 0 Å². The van der Waals surface area contributed by atoms with Gasteiger partial charge in [-0.2, -0.15) is 0 Å². The first-order valence-electron chi connectivity index (χ1n) is 15.4. The second-order valence-electron chi connectivity index (χ2n) is 12.2. The van der Waals surface area contributed by atoms with E-state index in [0.29, 0.717) is 0 Å². The number of rotatable bonds is 5. The molecule has 1 aliphatic carbocycles. The fraction of sp³-hybridized carbons (Fsp3) is 0.0698. The standard InChI is InChI=1S/C43H33N/c1-43(2)41-28-33(40-27-32-17-13-12-16-31(32)26-39(40)30-14-6-3-7-15-30)22-24-37(41)38-25-23-36(29-42(38)43)44(34-18-8-4-9-19-34)35-20-10-5-11-21-35/h3-29H,1-2H3. The van der Waals surface area contributed by atoms with E-state index in [1.807, 2.05) is 0 Å². The van der Waals surface area contributed by atoms with Gasteiger partial charge in [-0.05, 0) is 110 Å². The molecule has 44 heavy (non-hydrogen) atoms. The van der Waals surface area contributed by atoms with Crippen molar-refractivity contribution >= 4 is 27.8 Å². The zero-order valence-corrected chi connectivity index (χ0v) is 25.0. The van der Waals surface area contributed by atoms with Crippen LogP contribution in [0.4, 0.5) is 17.1 Å². The van der Waals surface area contributed by atoms with Crippen molar-refractivity contribution in [3.05, 3.63) is 175 Å². The molecule has 0 unspecified atom stereocenters. The number of hydrogen-bond donors (Lipinski definition) is 0. The summed E-state index contributed by atoms with van der Waals surface area (Å²) in [7, 11) is 0. The fourth-order valence-corrected chi connectivity index (χ4v) is 6.97. The molecular formula is C43H33N. The number of para-hydroxylation sites is 2. The summed E-state index contributed by atoms with van der Waals surface area (Å²) in [5.74, 6) is 0. The van der Waals surface area contributed by atoms with Gasteiger partial charge in [0.1, 0.15) is 0 Å². The Bertz CT molecular complexity index is 2090. The molecule has 1 heteroatoms. The molecule has 7 aromatic carbocycles. The first kappa shape index (κ1) is 26.2. The summed E-state index contributed by atoms with van der Waals surface area (Å²) in [6, 6.07) is 59.6. The Kier molecular flexibility index (Phi) is 6.20. The molecule has 7 aromatic rings. The predicted molar refractivity (Wildman–Crippen MR) is 187 cm³/mol. The molecule has 8 rings (SSSR count). The molecule has 0 N–H and O–H groups in total. The average Bonchev–Trinajstić information content (AvgIpc) is 3.31. The summed E-state index contributed by atoms with van der Waals surface area (Å²) in [6.45, 7) is 4.75. The van der Waals surface area contributed by atoms with E-state index in [0.717, 1.165) is 11.4 Å². The van der Waals surface area contributed by atoms with Crippen molar-refractivity contribution in [2.45, 2.75) is 19.3 Å². The normalized spacial score (nSPS) is 13.0. The lowest BCUT2D eigenvalue weighted by Gasteiger charge is -2.28. The predicted octanol–water partition coefficient (Wildman–Crippen LogP) is 11.9. The Balaban J connectivity index is 1.26. The van der Waals surface area contributed by atoms with Crippen LogP contribution in [0.15, 0.2) is 164 Å². The molecule has 0 saturated heterocycles.